The van der Waals surface area contributed by atoms with Gasteiger partial charge in [0.15, 0.2) is 0 Å². The monoisotopic (exact) mass is 313 g/mol. The Balaban J connectivity index is 2.10. The molecular formula is C11H11N3O4S2. The number of sulfonamides is 1. The fraction of sp³-hybridized carbons (Fsp3) is 0.273. The predicted octanol–water partition coefficient (Wildman–Crippen LogP) is 0.711. The molecule has 0 spiro atoms. The van der Waals surface area contributed by atoms with E-state index in [1.807, 2.05) is 0 Å². The van der Waals surface area contributed by atoms with E-state index >= 15 is 0 Å². The Morgan fingerprint density at radius 3 is 3.10 bits per heavy atom. The molecule has 9 heteroatoms. The number of carboxylic acids is 1. The van der Waals surface area contributed by atoms with Gasteiger partial charge in [0, 0.05) is 23.5 Å². The maximum atomic E-state index is 12.6. The Kier molecular flexibility index (Phi) is 3.19. The third-order valence-electron chi connectivity index (χ3n) is 3.13. The summed E-state index contributed by atoms with van der Waals surface area (Å²) in [4.78, 5) is 18.0. The van der Waals surface area contributed by atoms with Crippen LogP contribution in [0.4, 0.5) is 0 Å². The van der Waals surface area contributed by atoms with Gasteiger partial charge in [0.2, 0.25) is 10.0 Å². The largest absolute Gasteiger partial charge is 0.480 e. The number of hydrogen-bond donors (Lipinski definition) is 2. The highest BCUT2D eigenvalue weighted by atomic mass is 32.2. The van der Waals surface area contributed by atoms with Crippen LogP contribution in [0.25, 0.3) is 11.0 Å². The molecule has 1 atom stereocenters. The summed E-state index contributed by atoms with van der Waals surface area (Å²) in [6, 6.07) is 2.26. The van der Waals surface area contributed by atoms with Gasteiger partial charge in [0.05, 0.1) is 5.88 Å². The van der Waals surface area contributed by atoms with Crippen LogP contribution >= 0.6 is 11.8 Å². The molecule has 2 N–H and O–H groups in total. The number of carbonyl (C=O) groups is 1. The Bertz CT molecular complexity index is 771. The van der Waals surface area contributed by atoms with Gasteiger partial charge in [-0.2, -0.15) is 4.31 Å². The van der Waals surface area contributed by atoms with Gasteiger partial charge in [-0.25, -0.2) is 13.4 Å². The van der Waals surface area contributed by atoms with Gasteiger partial charge in [-0.1, -0.05) is 0 Å². The lowest BCUT2D eigenvalue weighted by atomic mass is 10.3. The number of nitrogens with zero attached hydrogens (tertiary/aromatic N) is 2. The SMILES string of the molecule is O=C(O)[C@@H]1CSCN1S(=O)(=O)c1c[nH]c2ncccc12. The van der Waals surface area contributed by atoms with Gasteiger partial charge < -0.3 is 10.1 Å². The number of H-pyrrole nitrogens is 1. The summed E-state index contributed by atoms with van der Waals surface area (Å²) >= 11 is 1.29. The molecule has 0 unspecified atom stereocenters. The van der Waals surface area contributed by atoms with Crippen molar-refractivity contribution in [2.45, 2.75) is 10.9 Å². The van der Waals surface area contributed by atoms with Gasteiger partial charge in [0.1, 0.15) is 16.6 Å². The van der Waals surface area contributed by atoms with Gasteiger partial charge in [-0.15, -0.1) is 11.8 Å². The average molecular weight is 313 g/mol. The van der Waals surface area contributed by atoms with Crippen LogP contribution in [-0.2, 0) is 14.8 Å². The number of rotatable bonds is 3. The third kappa shape index (κ3) is 1.98. The van der Waals surface area contributed by atoms with Crippen LogP contribution in [0.15, 0.2) is 29.4 Å². The molecule has 1 aliphatic heterocycles. The number of hydrogen-bond acceptors (Lipinski definition) is 5. The standard InChI is InChI=1S/C11H11N3O4S2/c15-11(16)8-5-19-6-14(8)20(17,18)9-4-13-10-7(9)2-1-3-12-10/h1-4,8H,5-6H2,(H,12,13)(H,15,16)/t8-/m0/s1. The Hall–Kier alpha value is -1.58. The topological polar surface area (TPSA) is 103 Å². The van der Waals surface area contributed by atoms with Crippen molar-refractivity contribution in [2.24, 2.45) is 0 Å². The zero-order valence-electron chi connectivity index (χ0n) is 10.2. The highest BCUT2D eigenvalue weighted by Gasteiger charge is 2.41. The van der Waals surface area contributed by atoms with Crippen molar-refractivity contribution in [3.63, 3.8) is 0 Å². The Morgan fingerprint density at radius 1 is 1.55 bits per heavy atom. The normalized spacial score (nSPS) is 20.5. The van der Waals surface area contributed by atoms with Crippen LogP contribution in [0.3, 0.4) is 0 Å². The zero-order valence-corrected chi connectivity index (χ0v) is 11.8. The maximum Gasteiger partial charge on any atom is 0.322 e. The minimum absolute atomic E-state index is 0.0642. The molecule has 1 saturated heterocycles. The molecule has 0 amide bonds. The molecule has 2 aromatic heterocycles. The number of aromatic amines is 1. The molecular weight excluding hydrogens is 302 g/mol. The van der Waals surface area contributed by atoms with Crippen LogP contribution in [-0.4, -0.2) is 51.4 Å². The molecule has 0 aromatic carbocycles. The summed E-state index contributed by atoms with van der Waals surface area (Å²) in [5.74, 6) is -0.724. The summed E-state index contributed by atoms with van der Waals surface area (Å²) in [5, 5.41) is 9.58. The van der Waals surface area contributed by atoms with E-state index in [0.29, 0.717) is 11.0 Å². The summed E-state index contributed by atoms with van der Waals surface area (Å²) in [7, 11) is -3.86. The molecule has 0 bridgehead atoms. The first-order valence-corrected chi connectivity index (χ1v) is 8.36. The molecule has 2 aromatic rings. The molecule has 1 aliphatic rings. The van der Waals surface area contributed by atoms with Crippen LogP contribution in [0.5, 0.6) is 0 Å². The molecule has 3 heterocycles. The lowest BCUT2D eigenvalue weighted by Gasteiger charge is -2.19. The van der Waals surface area contributed by atoms with Crippen LogP contribution in [0, 0.1) is 0 Å². The highest BCUT2D eigenvalue weighted by molar-refractivity contribution is 8.00. The van der Waals surface area contributed by atoms with Crippen molar-refractivity contribution in [3.8, 4) is 0 Å². The molecule has 1 fully saturated rings. The zero-order chi connectivity index (χ0) is 14.3. The van der Waals surface area contributed by atoms with Crippen LogP contribution in [0.1, 0.15) is 0 Å². The average Bonchev–Trinajstić information content (AvgIpc) is 3.06. The summed E-state index contributed by atoms with van der Waals surface area (Å²) in [6.07, 6.45) is 2.91. The summed E-state index contributed by atoms with van der Waals surface area (Å²) < 4.78 is 26.3. The molecule has 20 heavy (non-hydrogen) atoms. The van der Waals surface area contributed by atoms with E-state index < -0.39 is 22.0 Å². The predicted molar refractivity (Wildman–Crippen MR) is 73.9 cm³/mol. The van der Waals surface area contributed by atoms with E-state index in [1.165, 1.54) is 18.0 Å². The van der Waals surface area contributed by atoms with Crippen LogP contribution in [0.2, 0.25) is 0 Å². The first-order valence-electron chi connectivity index (χ1n) is 5.76. The van der Waals surface area contributed by atoms with Gasteiger partial charge >= 0.3 is 5.97 Å². The smallest absolute Gasteiger partial charge is 0.322 e. The fourth-order valence-corrected chi connectivity index (χ4v) is 5.42. The number of aromatic nitrogens is 2. The van der Waals surface area contributed by atoms with E-state index in [9.17, 15) is 13.2 Å². The number of carboxylic acid groups (broad SMARTS) is 1. The highest BCUT2D eigenvalue weighted by Crippen LogP contribution is 2.31. The second-order valence-corrected chi connectivity index (χ2v) is 7.16. The summed E-state index contributed by atoms with van der Waals surface area (Å²) in [5.41, 5.74) is 0.463. The second-order valence-electron chi connectivity index (χ2n) is 4.30. The van der Waals surface area contributed by atoms with Gasteiger partial charge in [0.25, 0.3) is 0 Å². The number of aliphatic carboxylic acids is 1. The first-order chi connectivity index (χ1) is 9.51. The minimum Gasteiger partial charge on any atom is -0.480 e. The van der Waals surface area contributed by atoms with Gasteiger partial charge in [-0.05, 0) is 12.1 Å². The van der Waals surface area contributed by atoms with E-state index in [2.05, 4.69) is 9.97 Å². The third-order valence-corrected chi connectivity index (χ3v) is 6.20. The Morgan fingerprint density at radius 2 is 2.35 bits per heavy atom. The molecule has 3 rings (SSSR count). The minimum atomic E-state index is -3.86. The van der Waals surface area contributed by atoms with Crippen molar-refractivity contribution < 1.29 is 18.3 Å². The molecule has 0 radical (unpaired) electrons. The second kappa shape index (κ2) is 4.76. The number of fused-ring (bicyclic) bond motifs is 1. The maximum absolute atomic E-state index is 12.6. The number of nitrogens with one attached hydrogen (secondary N) is 1. The molecule has 7 nitrogen and oxygen atoms in total. The Labute approximate surface area is 119 Å². The molecule has 0 aliphatic carbocycles. The lowest BCUT2D eigenvalue weighted by molar-refractivity contribution is -0.140. The first kappa shape index (κ1) is 13.4. The number of thioether (sulfide) groups is 1. The van der Waals surface area contributed by atoms with Crippen molar-refractivity contribution in [2.75, 3.05) is 11.6 Å². The van der Waals surface area contributed by atoms with E-state index in [0.717, 1.165) is 4.31 Å². The fourth-order valence-electron chi connectivity index (χ4n) is 2.13. The van der Waals surface area contributed by atoms with Crippen molar-refractivity contribution >= 4 is 38.8 Å². The molecule has 106 valence electrons. The quantitative estimate of drug-likeness (QED) is 0.865. The van der Waals surface area contributed by atoms with Gasteiger partial charge in [-0.3, -0.25) is 4.79 Å². The van der Waals surface area contributed by atoms with Crippen LogP contribution < -0.4 is 0 Å². The van der Waals surface area contributed by atoms with E-state index in [4.69, 9.17) is 5.11 Å². The number of pyridine rings is 1. The summed E-state index contributed by atoms with van der Waals surface area (Å²) in [6.45, 7) is 0. The van der Waals surface area contributed by atoms with Crippen molar-refractivity contribution in [1.82, 2.24) is 14.3 Å². The van der Waals surface area contributed by atoms with E-state index in [-0.39, 0.29) is 16.5 Å². The van der Waals surface area contributed by atoms with Crippen molar-refractivity contribution in [3.05, 3.63) is 24.5 Å². The van der Waals surface area contributed by atoms with E-state index in [1.54, 1.807) is 18.3 Å². The lowest BCUT2D eigenvalue weighted by Crippen LogP contribution is -2.41. The molecule has 0 saturated carbocycles. The van der Waals surface area contributed by atoms with Crippen molar-refractivity contribution in [1.29, 1.82) is 0 Å².